The average molecular weight is 408 g/mol. The highest BCUT2D eigenvalue weighted by atomic mass is 19.1. The SMILES string of the molecule is C=C(C)CC(C)(N)COc1ccc(-c2ccnc(NC(=O)C3CC3F)c2)cc1C#N. The Kier molecular flexibility index (Phi) is 6.18. The molecule has 0 aliphatic heterocycles. The van der Waals surface area contributed by atoms with E-state index in [0.29, 0.717) is 23.6 Å². The number of anilines is 1. The molecular weight excluding hydrogens is 383 g/mol. The molecule has 1 aromatic carbocycles. The largest absolute Gasteiger partial charge is 0.490 e. The molecular formula is C23H25FN4O2. The number of nitrogens with one attached hydrogen (secondary N) is 1. The van der Waals surface area contributed by atoms with E-state index in [9.17, 15) is 14.4 Å². The van der Waals surface area contributed by atoms with Crippen LogP contribution in [0, 0.1) is 17.2 Å². The van der Waals surface area contributed by atoms with Crippen LogP contribution in [-0.2, 0) is 4.79 Å². The van der Waals surface area contributed by atoms with Gasteiger partial charge in [0.05, 0.1) is 17.0 Å². The molecule has 30 heavy (non-hydrogen) atoms. The third-order valence-electron chi connectivity index (χ3n) is 4.76. The fourth-order valence-corrected chi connectivity index (χ4v) is 3.24. The van der Waals surface area contributed by atoms with E-state index in [4.69, 9.17) is 10.5 Å². The van der Waals surface area contributed by atoms with Crippen molar-refractivity contribution in [3.63, 3.8) is 0 Å². The van der Waals surface area contributed by atoms with Crippen molar-refractivity contribution in [3.05, 3.63) is 54.2 Å². The molecule has 0 bridgehead atoms. The maximum atomic E-state index is 13.1. The van der Waals surface area contributed by atoms with Crippen LogP contribution < -0.4 is 15.8 Å². The number of pyridine rings is 1. The first-order valence-electron chi connectivity index (χ1n) is 9.70. The van der Waals surface area contributed by atoms with Crippen molar-refractivity contribution in [2.75, 3.05) is 11.9 Å². The Labute approximate surface area is 175 Å². The van der Waals surface area contributed by atoms with E-state index in [0.717, 1.165) is 16.7 Å². The standard InChI is InChI=1S/C23H25FN4O2/c1-14(2)11-23(3,26)13-30-20-5-4-15(8-17(20)12-25)16-6-7-27-21(9-16)28-22(29)18-10-19(18)24/h4-9,18-19H,1,10-11,13,26H2,2-3H3,(H,27,28,29). The number of ether oxygens (including phenoxy) is 1. The fraction of sp³-hybridized carbons (Fsp3) is 0.348. The van der Waals surface area contributed by atoms with Crippen LogP contribution in [0.1, 0.15) is 32.3 Å². The summed E-state index contributed by atoms with van der Waals surface area (Å²) in [6.45, 7) is 7.91. The molecule has 1 heterocycles. The third-order valence-corrected chi connectivity index (χ3v) is 4.76. The Hall–Kier alpha value is -3.24. The summed E-state index contributed by atoms with van der Waals surface area (Å²) in [5, 5.41) is 12.2. The highest BCUT2D eigenvalue weighted by Gasteiger charge is 2.43. The predicted molar refractivity (Wildman–Crippen MR) is 114 cm³/mol. The second kappa shape index (κ2) is 8.64. The number of aromatic nitrogens is 1. The smallest absolute Gasteiger partial charge is 0.231 e. The van der Waals surface area contributed by atoms with Crippen LogP contribution in [0.15, 0.2) is 48.7 Å². The molecule has 3 N–H and O–H groups in total. The number of amides is 1. The molecule has 1 amide bonds. The van der Waals surface area contributed by atoms with Crippen LogP contribution in [0.3, 0.4) is 0 Å². The van der Waals surface area contributed by atoms with Gasteiger partial charge < -0.3 is 15.8 Å². The van der Waals surface area contributed by atoms with Gasteiger partial charge in [0.25, 0.3) is 0 Å². The highest BCUT2D eigenvalue weighted by Crippen LogP contribution is 2.35. The molecule has 1 aromatic heterocycles. The number of carbonyl (C=O) groups is 1. The number of carbonyl (C=O) groups excluding carboxylic acids is 1. The molecule has 0 radical (unpaired) electrons. The van der Waals surface area contributed by atoms with Crippen LogP contribution in [0.2, 0.25) is 0 Å². The second-order valence-corrected chi connectivity index (χ2v) is 8.18. The zero-order chi connectivity index (χ0) is 21.9. The van der Waals surface area contributed by atoms with E-state index in [1.807, 2.05) is 19.9 Å². The molecule has 0 saturated heterocycles. The Morgan fingerprint density at radius 2 is 2.13 bits per heavy atom. The molecule has 1 aliphatic carbocycles. The summed E-state index contributed by atoms with van der Waals surface area (Å²) in [6, 6.07) is 10.9. The van der Waals surface area contributed by atoms with Gasteiger partial charge >= 0.3 is 0 Å². The van der Waals surface area contributed by atoms with Crippen LogP contribution in [0.5, 0.6) is 5.75 Å². The monoisotopic (exact) mass is 408 g/mol. The number of benzene rings is 1. The molecule has 3 atom stereocenters. The topological polar surface area (TPSA) is 101 Å². The maximum absolute atomic E-state index is 13.1. The lowest BCUT2D eigenvalue weighted by molar-refractivity contribution is -0.117. The van der Waals surface area contributed by atoms with E-state index in [1.165, 1.54) is 0 Å². The van der Waals surface area contributed by atoms with Crippen molar-refractivity contribution in [1.82, 2.24) is 4.98 Å². The first kappa shape index (κ1) is 21.5. The Bertz CT molecular complexity index is 1010. The van der Waals surface area contributed by atoms with Crippen LogP contribution in [0.4, 0.5) is 10.2 Å². The Morgan fingerprint density at radius 3 is 2.77 bits per heavy atom. The lowest BCUT2D eigenvalue weighted by Gasteiger charge is -2.25. The first-order valence-corrected chi connectivity index (χ1v) is 9.70. The number of nitriles is 1. The molecule has 156 valence electrons. The van der Waals surface area contributed by atoms with Crippen LogP contribution in [0.25, 0.3) is 11.1 Å². The molecule has 2 aromatic rings. The van der Waals surface area contributed by atoms with Crippen molar-refractivity contribution in [2.24, 2.45) is 11.7 Å². The lowest BCUT2D eigenvalue weighted by atomic mass is 9.96. The molecule has 6 nitrogen and oxygen atoms in total. The van der Waals surface area contributed by atoms with Crippen LogP contribution >= 0.6 is 0 Å². The van der Waals surface area contributed by atoms with E-state index >= 15 is 0 Å². The second-order valence-electron chi connectivity index (χ2n) is 8.18. The summed E-state index contributed by atoms with van der Waals surface area (Å²) in [7, 11) is 0. The molecule has 1 fully saturated rings. The van der Waals surface area contributed by atoms with E-state index in [2.05, 4.69) is 22.9 Å². The van der Waals surface area contributed by atoms with Crippen molar-refractivity contribution in [1.29, 1.82) is 5.26 Å². The van der Waals surface area contributed by atoms with Crippen molar-refractivity contribution in [2.45, 2.75) is 38.4 Å². The third kappa shape index (κ3) is 5.43. The predicted octanol–water partition coefficient (Wildman–Crippen LogP) is 3.98. The van der Waals surface area contributed by atoms with Crippen molar-refractivity contribution >= 4 is 11.7 Å². The van der Waals surface area contributed by atoms with Gasteiger partial charge in [-0.25, -0.2) is 9.37 Å². The van der Waals surface area contributed by atoms with E-state index in [1.54, 1.807) is 30.5 Å². The van der Waals surface area contributed by atoms with Gasteiger partial charge in [-0.3, -0.25) is 4.79 Å². The summed E-state index contributed by atoms with van der Waals surface area (Å²) in [4.78, 5) is 16.0. The number of rotatable bonds is 8. The fourth-order valence-electron chi connectivity index (χ4n) is 3.24. The van der Waals surface area contributed by atoms with Gasteiger partial charge in [0.15, 0.2) is 0 Å². The van der Waals surface area contributed by atoms with Gasteiger partial charge in [0, 0.05) is 6.20 Å². The minimum Gasteiger partial charge on any atom is -0.490 e. The summed E-state index contributed by atoms with van der Waals surface area (Å²) < 4.78 is 18.9. The Balaban J connectivity index is 1.74. The number of halogens is 1. The molecule has 7 heteroatoms. The number of hydrogen-bond donors (Lipinski definition) is 2. The zero-order valence-corrected chi connectivity index (χ0v) is 17.1. The normalized spacial score (nSPS) is 19.3. The van der Waals surface area contributed by atoms with Gasteiger partial charge in [-0.05, 0) is 62.1 Å². The van der Waals surface area contributed by atoms with E-state index < -0.39 is 17.6 Å². The van der Waals surface area contributed by atoms with Crippen molar-refractivity contribution in [3.8, 4) is 22.9 Å². The number of nitrogens with zero attached hydrogens (tertiary/aromatic N) is 2. The van der Waals surface area contributed by atoms with Gasteiger partial charge in [-0.1, -0.05) is 11.6 Å². The average Bonchev–Trinajstić information content (AvgIpc) is 3.42. The summed E-state index contributed by atoms with van der Waals surface area (Å²) in [5.41, 5.74) is 8.52. The van der Waals surface area contributed by atoms with Gasteiger partial charge in [-0.15, -0.1) is 6.58 Å². The molecule has 1 aliphatic rings. The van der Waals surface area contributed by atoms with E-state index in [-0.39, 0.29) is 18.9 Å². The van der Waals surface area contributed by atoms with Gasteiger partial charge in [0.1, 0.15) is 30.4 Å². The minimum atomic E-state index is -1.07. The number of hydrogen-bond acceptors (Lipinski definition) is 5. The Morgan fingerprint density at radius 1 is 1.43 bits per heavy atom. The first-order chi connectivity index (χ1) is 14.2. The van der Waals surface area contributed by atoms with Gasteiger partial charge in [0.2, 0.25) is 5.91 Å². The maximum Gasteiger partial charge on any atom is 0.231 e. The molecule has 0 spiro atoms. The number of nitrogens with two attached hydrogens (primary N) is 1. The summed E-state index contributed by atoms with van der Waals surface area (Å²) in [6.07, 6.45) is 1.36. The summed E-state index contributed by atoms with van der Waals surface area (Å²) >= 11 is 0. The quantitative estimate of drug-likeness (QED) is 0.644. The lowest BCUT2D eigenvalue weighted by Crippen LogP contribution is -2.42. The summed E-state index contributed by atoms with van der Waals surface area (Å²) in [5.74, 6) is -0.164. The van der Waals surface area contributed by atoms with Crippen LogP contribution in [-0.4, -0.2) is 29.2 Å². The highest BCUT2D eigenvalue weighted by molar-refractivity contribution is 5.94. The molecule has 3 rings (SSSR count). The van der Waals surface area contributed by atoms with Gasteiger partial charge in [-0.2, -0.15) is 5.26 Å². The minimum absolute atomic E-state index is 0.246. The molecule has 3 unspecified atom stereocenters. The molecule has 1 saturated carbocycles. The number of alkyl halides is 1. The van der Waals surface area contributed by atoms with Crippen molar-refractivity contribution < 1.29 is 13.9 Å². The zero-order valence-electron chi connectivity index (χ0n) is 17.1.